The summed E-state index contributed by atoms with van der Waals surface area (Å²) in [6, 6.07) is 3.23. The molecular formula is C13H15N3O3. The van der Waals surface area contributed by atoms with Gasteiger partial charge in [-0.2, -0.15) is 0 Å². The summed E-state index contributed by atoms with van der Waals surface area (Å²) < 4.78 is 0. The van der Waals surface area contributed by atoms with Crippen molar-refractivity contribution >= 4 is 23.4 Å². The average molecular weight is 261 g/mol. The number of carboxylic acids is 1. The van der Waals surface area contributed by atoms with Crippen molar-refractivity contribution in [2.75, 3.05) is 22.9 Å². The van der Waals surface area contributed by atoms with Crippen LogP contribution in [0.3, 0.4) is 0 Å². The molecule has 3 rings (SSSR count). The first-order valence-corrected chi connectivity index (χ1v) is 6.43. The monoisotopic (exact) mass is 261 g/mol. The molecule has 2 aliphatic heterocycles. The predicted octanol–water partition coefficient (Wildman–Crippen LogP) is 0.872. The number of carboxylic acid groups (broad SMARTS) is 1. The Balaban J connectivity index is 2.06. The number of amides is 1. The highest BCUT2D eigenvalue weighted by atomic mass is 16.4. The van der Waals surface area contributed by atoms with Crippen molar-refractivity contribution in [3.05, 3.63) is 18.3 Å². The van der Waals surface area contributed by atoms with E-state index in [0.29, 0.717) is 5.69 Å². The van der Waals surface area contributed by atoms with Crippen LogP contribution in [0, 0.1) is 0 Å². The molecule has 1 saturated heterocycles. The highest BCUT2D eigenvalue weighted by Crippen LogP contribution is 2.37. The number of hydrogen-bond acceptors (Lipinski definition) is 4. The summed E-state index contributed by atoms with van der Waals surface area (Å²) in [4.78, 5) is 31.1. The molecule has 0 saturated carbocycles. The van der Waals surface area contributed by atoms with Crippen molar-refractivity contribution in [1.29, 1.82) is 0 Å². The standard InChI is InChI=1S/C13H15N3O3/c17-11(18)8-16-9-5-3-6-14-12(9)15-7-2-1-4-10(15)13(16)19/h3,5-6,10H,1-2,4,7-8H2,(H,17,18). The van der Waals surface area contributed by atoms with Gasteiger partial charge in [-0.05, 0) is 31.4 Å². The van der Waals surface area contributed by atoms with Crippen LogP contribution in [0.2, 0.25) is 0 Å². The third-order valence-electron chi connectivity index (χ3n) is 3.68. The Hall–Kier alpha value is -2.11. The zero-order chi connectivity index (χ0) is 13.4. The normalized spacial score (nSPS) is 21.9. The zero-order valence-electron chi connectivity index (χ0n) is 10.5. The summed E-state index contributed by atoms with van der Waals surface area (Å²) in [5, 5.41) is 8.98. The van der Waals surface area contributed by atoms with Gasteiger partial charge in [0.2, 0.25) is 5.91 Å². The molecule has 0 aliphatic carbocycles. The number of aromatic nitrogens is 1. The molecule has 1 amide bonds. The molecule has 1 unspecified atom stereocenters. The maximum absolute atomic E-state index is 12.5. The number of nitrogens with zero attached hydrogens (tertiary/aromatic N) is 3. The Morgan fingerprint density at radius 3 is 3.11 bits per heavy atom. The van der Waals surface area contributed by atoms with Gasteiger partial charge >= 0.3 is 5.97 Å². The van der Waals surface area contributed by atoms with Crippen molar-refractivity contribution in [2.45, 2.75) is 25.3 Å². The van der Waals surface area contributed by atoms with Crippen LogP contribution < -0.4 is 9.80 Å². The van der Waals surface area contributed by atoms with Crippen molar-refractivity contribution in [3.63, 3.8) is 0 Å². The van der Waals surface area contributed by atoms with E-state index in [0.717, 1.165) is 31.6 Å². The summed E-state index contributed by atoms with van der Waals surface area (Å²) in [5.41, 5.74) is 0.605. The lowest BCUT2D eigenvalue weighted by Crippen LogP contribution is -2.56. The number of carbonyl (C=O) groups excluding carboxylic acids is 1. The number of rotatable bonds is 2. The molecule has 6 heteroatoms. The maximum Gasteiger partial charge on any atom is 0.323 e. The van der Waals surface area contributed by atoms with E-state index < -0.39 is 5.97 Å². The van der Waals surface area contributed by atoms with Crippen LogP contribution >= 0.6 is 0 Å². The van der Waals surface area contributed by atoms with Crippen LogP contribution in [-0.2, 0) is 9.59 Å². The Bertz CT molecular complexity index is 532. The summed E-state index contributed by atoms with van der Waals surface area (Å²) >= 11 is 0. The van der Waals surface area contributed by atoms with Crippen molar-refractivity contribution in [2.24, 2.45) is 0 Å². The fourth-order valence-corrected chi connectivity index (χ4v) is 2.86. The molecule has 1 N–H and O–H groups in total. The summed E-state index contributed by atoms with van der Waals surface area (Å²) in [6.45, 7) is 0.503. The summed E-state index contributed by atoms with van der Waals surface area (Å²) in [6.07, 6.45) is 4.49. The number of pyridine rings is 1. The van der Waals surface area contributed by atoms with Crippen molar-refractivity contribution in [1.82, 2.24) is 4.98 Å². The Labute approximate surface area is 110 Å². The van der Waals surface area contributed by atoms with Crippen LogP contribution in [-0.4, -0.2) is 41.1 Å². The van der Waals surface area contributed by atoms with Crippen LogP contribution in [0.15, 0.2) is 18.3 Å². The molecule has 100 valence electrons. The summed E-state index contributed by atoms with van der Waals surface area (Å²) in [7, 11) is 0. The van der Waals surface area contributed by atoms with Crippen molar-refractivity contribution < 1.29 is 14.7 Å². The highest BCUT2D eigenvalue weighted by molar-refractivity contribution is 6.07. The molecule has 3 heterocycles. The van der Waals surface area contributed by atoms with Gasteiger partial charge in [-0.15, -0.1) is 0 Å². The molecule has 6 nitrogen and oxygen atoms in total. The van der Waals surface area contributed by atoms with E-state index in [9.17, 15) is 9.59 Å². The molecule has 1 aromatic rings. The van der Waals surface area contributed by atoms with Gasteiger partial charge in [0, 0.05) is 12.7 Å². The smallest absolute Gasteiger partial charge is 0.323 e. The minimum absolute atomic E-state index is 0.123. The van der Waals surface area contributed by atoms with Crippen LogP contribution in [0.25, 0.3) is 0 Å². The Kier molecular flexibility index (Phi) is 2.85. The molecule has 0 radical (unpaired) electrons. The van der Waals surface area contributed by atoms with E-state index in [-0.39, 0.29) is 18.5 Å². The molecule has 1 aromatic heterocycles. The topological polar surface area (TPSA) is 73.7 Å². The lowest BCUT2D eigenvalue weighted by molar-refractivity contribution is -0.137. The van der Waals surface area contributed by atoms with Crippen LogP contribution in [0.1, 0.15) is 19.3 Å². The molecule has 19 heavy (non-hydrogen) atoms. The maximum atomic E-state index is 12.5. The van der Waals surface area contributed by atoms with Gasteiger partial charge in [-0.3, -0.25) is 14.5 Å². The molecule has 0 spiro atoms. The number of anilines is 2. The molecule has 0 bridgehead atoms. The lowest BCUT2D eigenvalue weighted by atomic mass is 9.98. The predicted molar refractivity (Wildman–Crippen MR) is 69.2 cm³/mol. The molecular weight excluding hydrogens is 246 g/mol. The van der Waals surface area contributed by atoms with Gasteiger partial charge in [-0.25, -0.2) is 4.98 Å². The third-order valence-corrected chi connectivity index (χ3v) is 3.68. The van der Waals surface area contributed by atoms with E-state index in [1.807, 2.05) is 4.90 Å². The second-order valence-corrected chi connectivity index (χ2v) is 4.87. The first-order valence-electron chi connectivity index (χ1n) is 6.43. The van der Waals surface area contributed by atoms with Gasteiger partial charge in [0.15, 0.2) is 5.82 Å². The van der Waals surface area contributed by atoms with E-state index in [1.165, 1.54) is 4.90 Å². The second kappa shape index (κ2) is 4.53. The van der Waals surface area contributed by atoms with Gasteiger partial charge in [0.1, 0.15) is 12.6 Å². The number of carbonyl (C=O) groups is 2. The number of aliphatic carboxylic acids is 1. The quantitative estimate of drug-likeness (QED) is 0.855. The first kappa shape index (κ1) is 12.0. The number of hydrogen-bond donors (Lipinski definition) is 1. The molecule has 0 aromatic carbocycles. The highest BCUT2D eigenvalue weighted by Gasteiger charge is 2.40. The SMILES string of the molecule is O=C(O)CN1C(=O)C2CCCCN2c2ncccc21. The molecule has 1 atom stereocenters. The van der Waals surface area contributed by atoms with Crippen molar-refractivity contribution in [3.8, 4) is 0 Å². The van der Waals surface area contributed by atoms with E-state index >= 15 is 0 Å². The zero-order valence-corrected chi connectivity index (χ0v) is 10.5. The Morgan fingerprint density at radius 2 is 2.32 bits per heavy atom. The fourth-order valence-electron chi connectivity index (χ4n) is 2.86. The lowest BCUT2D eigenvalue weighted by Gasteiger charge is -2.43. The third kappa shape index (κ3) is 1.93. The number of fused-ring (bicyclic) bond motifs is 3. The fraction of sp³-hybridized carbons (Fsp3) is 0.462. The molecule has 2 aliphatic rings. The van der Waals surface area contributed by atoms with Gasteiger partial charge in [-0.1, -0.05) is 0 Å². The van der Waals surface area contributed by atoms with Crippen LogP contribution in [0.5, 0.6) is 0 Å². The number of piperidine rings is 1. The second-order valence-electron chi connectivity index (χ2n) is 4.87. The average Bonchev–Trinajstić information content (AvgIpc) is 2.43. The molecule has 1 fully saturated rings. The van der Waals surface area contributed by atoms with Gasteiger partial charge in [0.05, 0.1) is 5.69 Å². The largest absolute Gasteiger partial charge is 0.480 e. The van der Waals surface area contributed by atoms with Gasteiger partial charge in [0.25, 0.3) is 0 Å². The minimum Gasteiger partial charge on any atom is -0.480 e. The Morgan fingerprint density at radius 1 is 1.47 bits per heavy atom. The van der Waals surface area contributed by atoms with E-state index in [4.69, 9.17) is 5.11 Å². The first-order chi connectivity index (χ1) is 9.18. The summed E-state index contributed by atoms with van der Waals surface area (Å²) in [5.74, 6) is -0.400. The minimum atomic E-state index is -1.01. The van der Waals surface area contributed by atoms with E-state index in [1.54, 1.807) is 18.3 Å². The van der Waals surface area contributed by atoms with Gasteiger partial charge < -0.3 is 10.0 Å². The van der Waals surface area contributed by atoms with Crippen LogP contribution in [0.4, 0.5) is 11.5 Å². The van der Waals surface area contributed by atoms with E-state index in [2.05, 4.69) is 4.98 Å².